The third kappa shape index (κ3) is 3.04. The van der Waals surface area contributed by atoms with Crippen LogP contribution in [0.2, 0.25) is 0 Å². The molecule has 0 aliphatic carbocycles. The van der Waals surface area contributed by atoms with Gasteiger partial charge in [0.1, 0.15) is 17.2 Å². The second-order valence-electron chi connectivity index (χ2n) is 5.00. The molecule has 0 saturated carbocycles. The van der Waals surface area contributed by atoms with Crippen LogP contribution in [0, 0.1) is 11.6 Å². The number of hydrogen-bond donors (Lipinski definition) is 3. The number of aliphatic hydroxyl groups excluding tert-OH is 1. The largest absolute Gasteiger partial charge is 0.386 e. The molecule has 1 aromatic heterocycles. The van der Waals surface area contributed by atoms with Crippen molar-refractivity contribution in [2.45, 2.75) is 6.10 Å². The fraction of sp³-hybridized carbons (Fsp3) is 0.125. The van der Waals surface area contributed by atoms with Crippen LogP contribution in [-0.4, -0.2) is 27.5 Å². The summed E-state index contributed by atoms with van der Waals surface area (Å²) in [6.45, 7) is -0.206. The number of aromatic amines is 1. The zero-order valence-corrected chi connectivity index (χ0v) is 11.9. The number of aromatic nitrogens is 2. The molecule has 1 unspecified atom stereocenters. The van der Waals surface area contributed by atoms with Gasteiger partial charge in [-0.15, -0.1) is 0 Å². The molecule has 1 atom stereocenters. The van der Waals surface area contributed by atoms with Crippen molar-refractivity contribution in [3.05, 3.63) is 65.5 Å². The first-order valence-electron chi connectivity index (χ1n) is 6.89. The number of carbonyl (C=O) groups excluding carboxylic acids is 1. The highest BCUT2D eigenvalue weighted by molar-refractivity contribution is 6.04. The number of H-pyrrole nitrogens is 1. The van der Waals surface area contributed by atoms with E-state index in [4.69, 9.17) is 0 Å². The summed E-state index contributed by atoms with van der Waals surface area (Å²) in [6, 6.07) is 8.04. The Morgan fingerprint density at radius 3 is 2.87 bits per heavy atom. The number of fused-ring (bicyclic) bond motifs is 1. The molecule has 0 bridgehead atoms. The molecule has 0 aliphatic heterocycles. The van der Waals surface area contributed by atoms with Gasteiger partial charge in [0, 0.05) is 12.1 Å². The number of amides is 1. The maximum atomic E-state index is 13.6. The van der Waals surface area contributed by atoms with Gasteiger partial charge < -0.3 is 15.4 Å². The van der Waals surface area contributed by atoms with Crippen LogP contribution in [0.25, 0.3) is 11.0 Å². The van der Waals surface area contributed by atoms with Crippen LogP contribution in [-0.2, 0) is 0 Å². The van der Waals surface area contributed by atoms with E-state index in [2.05, 4.69) is 15.3 Å². The highest BCUT2D eigenvalue weighted by atomic mass is 19.1. The monoisotopic (exact) mass is 317 g/mol. The minimum atomic E-state index is -1.21. The number of aliphatic hydroxyl groups is 1. The van der Waals surface area contributed by atoms with Gasteiger partial charge >= 0.3 is 0 Å². The standard InChI is InChI=1S/C16H13F2N3O2/c17-9-5-11(15-13(6-9)20-8-21-15)16(23)19-7-14(22)10-3-1-2-4-12(10)18/h1-6,8,14,22H,7H2,(H,19,23)(H,20,21). The third-order valence-electron chi connectivity index (χ3n) is 3.45. The lowest BCUT2D eigenvalue weighted by molar-refractivity contribution is 0.0915. The Bertz CT molecular complexity index is 863. The summed E-state index contributed by atoms with van der Waals surface area (Å²) in [7, 11) is 0. The first kappa shape index (κ1) is 15.1. The van der Waals surface area contributed by atoms with Crippen LogP contribution in [0.5, 0.6) is 0 Å². The van der Waals surface area contributed by atoms with E-state index in [1.54, 1.807) is 6.07 Å². The van der Waals surface area contributed by atoms with Crippen LogP contribution >= 0.6 is 0 Å². The number of halogens is 2. The predicted molar refractivity (Wildman–Crippen MR) is 79.7 cm³/mol. The number of nitrogens with zero attached hydrogens (tertiary/aromatic N) is 1. The smallest absolute Gasteiger partial charge is 0.253 e. The van der Waals surface area contributed by atoms with Crippen molar-refractivity contribution in [3.8, 4) is 0 Å². The summed E-state index contributed by atoms with van der Waals surface area (Å²) in [6.07, 6.45) is 0.151. The molecule has 3 N–H and O–H groups in total. The van der Waals surface area contributed by atoms with E-state index in [1.807, 2.05) is 0 Å². The quantitative estimate of drug-likeness (QED) is 0.691. The maximum Gasteiger partial charge on any atom is 0.253 e. The summed E-state index contributed by atoms with van der Waals surface area (Å²) < 4.78 is 27.1. The molecule has 0 fully saturated rings. The molecule has 2 aromatic carbocycles. The highest BCUT2D eigenvalue weighted by Gasteiger charge is 2.17. The van der Waals surface area contributed by atoms with Crippen molar-refractivity contribution in [3.63, 3.8) is 0 Å². The predicted octanol–water partition coefficient (Wildman–Crippen LogP) is 2.30. The van der Waals surface area contributed by atoms with Gasteiger partial charge in [-0.1, -0.05) is 18.2 Å². The van der Waals surface area contributed by atoms with Gasteiger partial charge in [-0.2, -0.15) is 0 Å². The molecular weight excluding hydrogens is 304 g/mol. The summed E-state index contributed by atoms with van der Waals surface area (Å²) in [5.74, 6) is -1.74. The second-order valence-corrected chi connectivity index (χ2v) is 5.00. The van der Waals surface area contributed by atoms with Crippen LogP contribution < -0.4 is 5.32 Å². The van der Waals surface area contributed by atoms with Crippen LogP contribution in [0.4, 0.5) is 8.78 Å². The van der Waals surface area contributed by atoms with E-state index in [9.17, 15) is 18.7 Å². The molecule has 3 aromatic rings. The normalized spacial score (nSPS) is 12.3. The van der Waals surface area contributed by atoms with Crippen LogP contribution in [0.3, 0.4) is 0 Å². The minimum Gasteiger partial charge on any atom is -0.386 e. The van der Waals surface area contributed by atoms with Gasteiger partial charge in [-0.05, 0) is 18.2 Å². The Morgan fingerprint density at radius 2 is 2.09 bits per heavy atom. The highest BCUT2D eigenvalue weighted by Crippen LogP contribution is 2.18. The molecule has 5 nitrogen and oxygen atoms in total. The average molecular weight is 317 g/mol. The van der Waals surface area contributed by atoms with E-state index in [-0.39, 0.29) is 17.7 Å². The van der Waals surface area contributed by atoms with Gasteiger partial charge in [0.05, 0.1) is 23.5 Å². The van der Waals surface area contributed by atoms with Crippen molar-refractivity contribution >= 4 is 16.9 Å². The number of imidazole rings is 1. The first-order valence-corrected chi connectivity index (χ1v) is 6.89. The summed E-state index contributed by atoms with van der Waals surface area (Å²) in [4.78, 5) is 18.9. The van der Waals surface area contributed by atoms with Crippen molar-refractivity contribution < 1.29 is 18.7 Å². The Hall–Kier alpha value is -2.80. The van der Waals surface area contributed by atoms with E-state index in [1.165, 1.54) is 30.6 Å². The molecule has 3 rings (SSSR count). The average Bonchev–Trinajstić information content (AvgIpc) is 3.00. The number of rotatable bonds is 4. The van der Waals surface area contributed by atoms with Crippen molar-refractivity contribution in [2.24, 2.45) is 0 Å². The van der Waals surface area contributed by atoms with E-state index >= 15 is 0 Å². The maximum absolute atomic E-state index is 13.6. The zero-order chi connectivity index (χ0) is 16.4. The van der Waals surface area contributed by atoms with Gasteiger partial charge in [0.15, 0.2) is 0 Å². The third-order valence-corrected chi connectivity index (χ3v) is 3.45. The van der Waals surface area contributed by atoms with Crippen molar-refractivity contribution in [2.75, 3.05) is 6.54 Å². The first-order chi connectivity index (χ1) is 11.1. The molecule has 0 radical (unpaired) electrons. The Kier molecular flexibility index (Phi) is 4.03. The van der Waals surface area contributed by atoms with Crippen molar-refractivity contribution in [1.82, 2.24) is 15.3 Å². The molecule has 7 heteroatoms. The van der Waals surface area contributed by atoms with Gasteiger partial charge in [0.2, 0.25) is 0 Å². The fourth-order valence-electron chi connectivity index (χ4n) is 2.33. The van der Waals surface area contributed by atoms with Crippen molar-refractivity contribution in [1.29, 1.82) is 0 Å². The summed E-state index contributed by atoms with van der Waals surface area (Å²) in [5.41, 5.74) is 0.841. The van der Waals surface area contributed by atoms with E-state index in [0.29, 0.717) is 11.0 Å². The number of benzene rings is 2. The lowest BCUT2D eigenvalue weighted by atomic mass is 10.1. The molecular formula is C16H13F2N3O2. The molecule has 0 aliphatic rings. The second kappa shape index (κ2) is 6.13. The zero-order valence-electron chi connectivity index (χ0n) is 11.9. The molecule has 1 amide bonds. The molecule has 1 heterocycles. The Balaban J connectivity index is 1.76. The summed E-state index contributed by atoms with van der Waals surface area (Å²) in [5, 5.41) is 12.4. The van der Waals surface area contributed by atoms with E-state index in [0.717, 1.165) is 6.07 Å². The molecule has 118 valence electrons. The van der Waals surface area contributed by atoms with Gasteiger partial charge in [-0.25, -0.2) is 13.8 Å². The molecule has 23 heavy (non-hydrogen) atoms. The minimum absolute atomic E-state index is 0.0435. The van der Waals surface area contributed by atoms with Gasteiger partial charge in [0.25, 0.3) is 5.91 Å². The Morgan fingerprint density at radius 1 is 1.30 bits per heavy atom. The SMILES string of the molecule is O=C(NCC(O)c1ccccc1F)c1cc(F)cc2[nH]cnc12. The Labute approximate surface area is 130 Å². The summed E-state index contributed by atoms with van der Waals surface area (Å²) >= 11 is 0. The molecule has 0 saturated heterocycles. The number of hydrogen-bond acceptors (Lipinski definition) is 3. The lowest BCUT2D eigenvalue weighted by Gasteiger charge is -2.13. The van der Waals surface area contributed by atoms with Gasteiger partial charge in [-0.3, -0.25) is 4.79 Å². The topological polar surface area (TPSA) is 78.0 Å². The lowest BCUT2D eigenvalue weighted by Crippen LogP contribution is -2.29. The number of nitrogens with one attached hydrogen (secondary N) is 2. The number of carbonyl (C=O) groups is 1. The molecule has 0 spiro atoms. The van der Waals surface area contributed by atoms with Crippen LogP contribution in [0.15, 0.2) is 42.7 Å². The van der Waals surface area contributed by atoms with E-state index < -0.39 is 23.6 Å². The van der Waals surface area contributed by atoms with Crippen LogP contribution in [0.1, 0.15) is 22.0 Å². The fourth-order valence-corrected chi connectivity index (χ4v) is 2.33.